The molecule has 0 aromatic heterocycles. The molecule has 18 heavy (non-hydrogen) atoms. The fraction of sp³-hybridized carbons (Fsp3) is 0.600. The molecule has 0 heterocycles. The van der Waals surface area contributed by atoms with E-state index < -0.39 is 0 Å². The third kappa shape index (κ3) is 4.31. The van der Waals surface area contributed by atoms with Gasteiger partial charge in [0.15, 0.2) is 0 Å². The van der Waals surface area contributed by atoms with Gasteiger partial charge in [0.2, 0.25) is 0 Å². The number of benzene rings is 1. The van der Waals surface area contributed by atoms with Crippen molar-refractivity contribution in [3.05, 3.63) is 29.8 Å². The van der Waals surface area contributed by atoms with Gasteiger partial charge in [-0.1, -0.05) is 32.0 Å². The van der Waals surface area contributed by atoms with Crippen molar-refractivity contribution >= 4 is 5.69 Å². The minimum absolute atomic E-state index is 0.0541. The number of hydrogen-bond donors (Lipinski definition) is 1. The van der Waals surface area contributed by atoms with E-state index in [2.05, 4.69) is 36.9 Å². The molecule has 3 heteroatoms. The summed E-state index contributed by atoms with van der Waals surface area (Å²) < 4.78 is 5.20. The highest BCUT2D eigenvalue weighted by Crippen LogP contribution is 2.25. The van der Waals surface area contributed by atoms with Crippen molar-refractivity contribution in [1.82, 2.24) is 0 Å². The Balaban J connectivity index is 2.95. The molecule has 0 saturated heterocycles. The van der Waals surface area contributed by atoms with Gasteiger partial charge in [-0.05, 0) is 24.5 Å². The first-order chi connectivity index (χ1) is 8.56. The van der Waals surface area contributed by atoms with Crippen molar-refractivity contribution in [1.29, 1.82) is 0 Å². The molecule has 0 spiro atoms. The lowest BCUT2D eigenvalue weighted by Gasteiger charge is -2.29. The summed E-state index contributed by atoms with van der Waals surface area (Å²) in [5, 5.41) is 0. The summed E-state index contributed by atoms with van der Waals surface area (Å²) in [5.41, 5.74) is 8.49. The van der Waals surface area contributed by atoms with Gasteiger partial charge in [-0.15, -0.1) is 0 Å². The van der Waals surface area contributed by atoms with Gasteiger partial charge in [0, 0.05) is 31.9 Å². The van der Waals surface area contributed by atoms with Gasteiger partial charge in [0.25, 0.3) is 0 Å². The molecular formula is C15H26N2O. The average Bonchev–Trinajstić information content (AvgIpc) is 2.34. The van der Waals surface area contributed by atoms with Crippen LogP contribution in [-0.2, 0) is 4.74 Å². The van der Waals surface area contributed by atoms with Crippen molar-refractivity contribution in [2.75, 3.05) is 31.7 Å². The predicted molar refractivity (Wildman–Crippen MR) is 78.0 cm³/mol. The molecule has 0 radical (unpaired) electrons. The highest BCUT2D eigenvalue weighted by Gasteiger charge is 2.14. The van der Waals surface area contributed by atoms with Crippen LogP contribution in [0.25, 0.3) is 0 Å². The van der Waals surface area contributed by atoms with E-state index in [-0.39, 0.29) is 6.04 Å². The molecular weight excluding hydrogens is 224 g/mol. The first kappa shape index (κ1) is 15.0. The Morgan fingerprint density at radius 3 is 2.44 bits per heavy atom. The average molecular weight is 250 g/mol. The third-order valence-corrected chi connectivity index (χ3v) is 2.92. The van der Waals surface area contributed by atoms with Crippen LogP contribution in [0.4, 0.5) is 5.69 Å². The maximum atomic E-state index is 6.05. The van der Waals surface area contributed by atoms with Crippen LogP contribution in [-0.4, -0.2) is 26.8 Å². The Bertz CT molecular complexity index is 350. The second-order valence-electron chi connectivity index (χ2n) is 5.18. The Morgan fingerprint density at radius 1 is 1.22 bits per heavy atom. The molecule has 0 aliphatic rings. The summed E-state index contributed by atoms with van der Waals surface area (Å²) in [5.74, 6) is 0.614. The number of ether oxygens (including phenoxy) is 1. The molecule has 102 valence electrons. The molecule has 0 amide bonds. The molecule has 0 aliphatic carbocycles. The maximum absolute atomic E-state index is 6.05. The van der Waals surface area contributed by atoms with Crippen LogP contribution in [0.3, 0.4) is 0 Å². The SMILES string of the molecule is COCCN(CC(C)C)c1ccccc1[C@H](C)N. The zero-order valence-corrected chi connectivity index (χ0v) is 12.0. The summed E-state index contributed by atoms with van der Waals surface area (Å²) in [6.07, 6.45) is 0. The third-order valence-electron chi connectivity index (χ3n) is 2.92. The van der Waals surface area contributed by atoms with E-state index in [1.165, 1.54) is 11.3 Å². The molecule has 0 unspecified atom stereocenters. The van der Waals surface area contributed by atoms with Crippen LogP contribution in [0.15, 0.2) is 24.3 Å². The second-order valence-corrected chi connectivity index (χ2v) is 5.18. The summed E-state index contributed by atoms with van der Waals surface area (Å²) in [7, 11) is 1.74. The summed E-state index contributed by atoms with van der Waals surface area (Å²) in [6, 6.07) is 8.43. The number of anilines is 1. The minimum atomic E-state index is 0.0541. The zero-order valence-electron chi connectivity index (χ0n) is 12.0. The van der Waals surface area contributed by atoms with Crippen LogP contribution < -0.4 is 10.6 Å². The van der Waals surface area contributed by atoms with E-state index in [9.17, 15) is 0 Å². The Morgan fingerprint density at radius 2 is 1.89 bits per heavy atom. The molecule has 0 bridgehead atoms. The van der Waals surface area contributed by atoms with E-state index in [1.54, 1.807) is 7.11 Å². The molecule has 1 aromatic rings. The number of rotatable bonds is 7. The number of nitrogens with two attached hydrogens (primary N) is 1. The second kappa shape index (κ2) is 7.39. The van der Waals surface area contributed by atoms with Crippen molar-refractivity contribution in [2.45, 2.75) is 26.8 Å². The molecule has 0 aliphatic heterocycles. The van der Waals surface area contributed by atoms with Crippen LogP contribution in [0.5, 0.6) is 0 Å². The van der Waals surface area contributed by atoms with Gasteiger partial charge in [0.05, 0.1) is 6.61 Å². The minimum Gasteiger partial charge on any atom is -0.383 e. The number of para-hydroxylation sites is 1. The van der Waals surface area contributed by atoms with E-state index in [1.807, 2.05) is 13.0 Å². The summed E-state index contributed by atoms with van der Waals surface area (Å²) in [4.78, 5) is 2.37. The highest BCUT2D eigenvalue weighted by atomic mass is 16.5. The molecule has 1 aromatic carbocycles. The standard InChI is InChI=1S/C15H26N2O/c1-12(2)11-17(9-10-18-4)15-8-6-5-7-14(15)13(3)16/h5-8,12-13H,9-11,16H2,1-4H3/t13-/m0/s1. The predicted octanol–water partition coefficient (Wildman–Crippen LogP) is 2.82. The Kier molecular flexibility index (Phi) is 6.16. The number of hydrogen-bond acceptors (Lipinski definition) is 3. The zero-order chi connectivity index (χ0) is 13.5. The van der Waals surface area contributed by atoms with E-state index in [4.69, 9.17) is 10.5 Å². The largest absolute Gasteiger partial charge is 0.383 e. The maximum Gasteiger partial charge on any atom is 0.0637 e. The fourth-order valence-corrected chi connectivity index (χ4v) is 2.11. The van der Waals surface area contributed by atoms with Gasteiger partial charge in [-0.3, -0.25) is 0 Å². The number of methoxy groups -OCH3 is 1. The van der Waals surface area contributed by atoms with Gasteiger partial charge in [0.1, 0.15) is 0 Å². The topological polar surface area (TPSA) is 38.5 Å². The first-order valence-corrected chi connectivity index (χ1v) is 6.64. The fourth-order valence-electron chi connectivity index (χ4n) is 2.11. The molecule has 1 atom stereocenters. The van der Waals surface area contributed by atoms with Gasteiger partial charge >= 0.3 is 0 Å². The van der Waals surface area contributed by atoms with Crippen molar-refractivity contribution < 1.29 is 4.74 Å². The Labute approximate surface area is 111 Å². The Hall–Kier alpha value is -1.06. The van der Waals surface area contributed by atoms with Crippen LogP contribution in [0, 0.1) is 5.92 Å². The van der Waals surface area contributed by atoms with E-state index >= 15 is 0 Å². The number of nitrogens with zero attached hydrogens (tertiary/aromatic N) is 1. The van der Waals surface area contributed by atoms with Gasteiger partial charge in [-0.2, -0.15) is 0 Å². The van der Waals surface area contributed by atoms with Crippen molar-refractivity contribution in [3.63, 3.8) is 0 Å². The smallest absolute Gasteiger partial charge is 0.0637 e. The van der Waals surface area contributed by atoms with Crippen molar-refractivity contribution in [2.24, 2.45) is 11.7 Å². The van der Waals surface area contributed by atoms with Gasteiger partial charge < -0.3 is 15.4 Å². The van der Waals surface area contributed by atoms with E-state index in [0.29, 0.717) is 5.92 Å². The first-order valence-electron chi connectivity index (χ1n) is 6.64. The van der Waals surface area contributed by atoms with E-state index in [0.717, 1.165) is 19.7 Å². The lowest BCUT2D eigenvalue weighted by molar-refractivity contribution is 0.204. The summed E-state index contributed by atoms with van der Waals surface area (Å²) in [6.45, 7) is 9.15. The molecule has 1 rings (SSSR count). The van der Waals surface area contributed by atoms with Crippen LogP contribution in [0.2, 0.25) is 0 Å². The quantitative estimate of drug-likeness (QED) is 0.808. The normalized spacial score (nSPS) is 12.8. The highest BCUT2D eigenvalue weighted by molar-refractivity contribution is 5.54. The monoisotopic (exact) mass is 250 g/mol. The molecule has 0 fully saturated rings. The molecule has 2 N–H and O–H groups in total. The van der Waals surface area contributed by atoms with Crippen LogP contribution >= 0.6 is 0 Å². The molecule has 0 saturated carbocycles. The lowest BCUT2D eigenvalue weighted by Crippen LogP contribution is -2.32. The van der Waals surface area contributed by atoms with Crippen LogP contribution in [0.1, 0.15) is 32.4 Å². The summed E-state index contributed by atoms with van der Waals surface area (Å²) >= 11 is 0. The molecule has 3 nitrogen and oxygen atoms in total. The van der Waals surface area contributed by atoms with Gasteiger partial charge in [-0.25, -0.2) is 0 Å². The lowest BCUT2D eigenvalue weighted by atomic mass is 10.0. The van der Waals surface area contributed by atoms with Crippen molar-refractivity contribution in [3.8, 4) is 0 Å².